The van der Waals surface area contributed by atoms with E-state index in [4.69, 9.17) is 10.5 Å². The number of para-hydroxylation sites is 2. The molecule has 2 rings (SSSR count). The number of benzene rings is 2. The first-order valence-corrected chi connectivity index (χ1v) is 4.52. The summed E-state index contributed by atoms with van der Waals surface area (Å²) in [5, 5.41) is 15.3. The van der Waals surface area contributed by atoms with Crippen LogP contribution in [-0.4, -0.2) is 10.5 Å². The molecule has 0 saturated carbocycles. The van der Waals surface area contributed by atoms with E-state index in [1.54, 1.807) is 0 Å². The minimum atomic E-state index is 1.12. The van der Waals surface area contributed by atoms with Crippen molar-refractivity contribution in [3.63, 3.8) is 0 Å². The lowest BCUT2D eigenvalue weighted by molar-refractivity contribution is -0.176. The van der Waals surface area contributed by atoms with Crippen LogP contribution in [0, 0.1) is 0 Å². The van der Waals surface area contributed by atoms with E-state index in [1.165, 1.54) is 0 Å². The molecule has 0 spiro atoms. The van der Waals surface area contributed by atoms with Crippen molar-refractivity contribution in [3.8, 4) is 0 Å². The number of hydrogen-bond donors (Lipinski definition) is 3. The van der Waals surface area contributed by atoms with Gasteiger partial charge in [0, 0.05) is 11.4 Å². The molecule has 0 atom stereocenters. The normalized spacial score (nSPS) is 8.67. The molecule has 2 aromatic carbocycles. The monoisotopic (exact) mass is 203 g/mol. The predicted octanol–water partition coefficient (Wildman–Crippen LogP) is 3.45. The molecule has 2 aromatic rings. The topological polar surface area (TPSA) is 52.5 Å². The number of hydrogen-bond acceptors (Lipinski definition) is 3. The maximum atomic E-state index is 6.00. The molecule has 3 nitrogen and oxygen atoms in total. The van der Waals surface area contributed by atoms with E-state index in [0.717, 1.165) is 11.4 Å². The van der Waals surface area contributed by atoms with Gasteiger partial charge in [-0.15, -0.1) is 0 Å². The average molecular weight is 203 g/mol. The lowest BCUT2D eigenvalue weighted by Crippen LogP contribution is -1.87. The second-order valence-corrected chi connectivity index (χ2v) is 2.86. The Morgan fingerprint density at radius 1 is 0.600 bits per heavy atom. The Balaban J connectivity index is 0.000000531. The highest BCUT2D eigenvalue weighted by atomic mass is 17.0. The van der Waals surface area contributed by atoms with Crippen molar-refractivity contribution in [1.29, 1.82) is 0 Å². The number of anilines is 2. The Hall–Kier alpha value is -1.84. The Labute approximate surface area is 88.6 Å². The molecule has 0 saturated heterocycles. The Morgan fingerprint density at radius 2 is 0.933 bits per heavy atom. The largest absolute Gasteiger partial charge is 0.356 e. The molecule has 0 aliphatic carbocycles. The maximum absolute atomic E-state index is 6.00. The molecule has 15 heavy (non-hydrogen) atoms. The fourth-order valence-electron chi connectivity index (χ4n) is 1.21. The third-order valence-electron chi connectivity index (χ3n) is 1.84. The lowest BCUT2D eigenvalue weighted by atomic mass is 10.3. The van der Waals surface area contributed by atoms with Gasteiger partial charge in [-0.3, -0.25) is 10.5 Å². The van der Waals surface area contributed by atoms with Crippen LogP contribution in [-0.2, 0) is 0 Å². The van der Waals surface area contributed by atoms with Crippen LogP contribution in [0.4, 0.5) is 11.4 Å². The Bertz CT molecular complexity index is 324. The van der Waals surface area contributed by atoms with Gasteiger partial charge < -0.3 is 5.32 Å². The molecule has 0 radical (unpaired) electrons. The van der Waals surface area contributed by atoms with E-state index in [9.17, 15) is 0 Å². The molecule has 78 valence electrons. The minimum absolute atomic E-state index is 1.12. The van der Waals surface area contributed by atoms with Crippen LogP contribution in [0.15, 0.2) is 60.7 Å². The van der Waals surface area contributed by atoms with Crippen LogP contribution >= 0.6 is 0 Å². The third-order valence-corrected chi connectivity index (χ3v) is 1.84. The van der Waals surface area contributed by atoms with Crippen molar-refractivity contribution in [3.05, 3.63) is 60.7 Å². The van der Waals surface area contributed by atoms with Crippen molar-refractivity contribution >= 4 is 11.4 Å². The van der Waals surface area contributed by atoms with Crippen molar-refractivity contribution in [2.45, 2.75) is 0 Å². The first-order valence-electron chi connectivity index (χ1n) is 4.52. The van der Waals surface area contributed by atoms with Gasteiger partial charge in [0.2, 0.25) is 0 Å². The quantitative estimate of drug-likeness (QED) is 0.517. The minimum Gasteiger partial charge on any atom is -0.356 e. The Kier molecular flexibility index (Phi) is 4.94. The summed E-state index contributed by atoms with van der Waals surface area (Å²) in [5.74, 6) is 0. The van der Waals surface area contributed by atoms with Crippen molar-refractivity contribution in [2.24, 2.45) is 0 Å². The summed E-state index contributed by atoms with van der Waals surface area (Å²) in [6, 6.07) is 20.3. The second-order valence-electron chi connectivity index (χ2n) is 2.86. The lowest BCUT2D eigenvalue weighted by Gasteiger charge is -2.04. The summed E-state index contributed by atoms with van der Waals surface area (Å²) >= 11 is 0. The molecule has 0 heterocycles. The summed E-state index contributed by atoms with van der Waals surface area (Å²) in [7, 11) is 0. The molecular formula is C12H13NO2. The standard InChI is InChI=1S/C12H11N.H2O2/c1-3-7-11(8-4-1)13-12-9-5-2-6-10-12;1-2/h1-10,13H;1-2H. The summed E-state index contributed by atoms with van der Waals surface area (Å²) in [6.45, 7) is 0. The predicted molar refractivity (Wildman–Crippen MR) is 61.4 cm³/mol. The zero-order valence-electron chi connectivity index (χ0n) is 8.17. The van der Waals surface area contributed by atoms with Crippen LogP contribution < -0.4 is 5.32 Å². The molecule has 0 bridgehead atoms. The summed E-state index contributed by atoms with van der Waals surface area (Å²) in [6.07, 6.45) is 0. The zero-order valence-corrected chi connectivity index (χ0v) is 8.17. The molecule has 0 fully saturated rings. The molecule has 3 heteroatoms. The smallest absolute Gasteiger partial charge is 0.0384 e. The van der Waals surface area contributed by atoms with Crippen LogP contribution in [0.1, 0.15) is 0 Å². The Morgan fingerprint density at radius 3 is 1.27 bits per heavy atom. The first-order chi connectivity index (χ1) is 7.45. The first kappa shape index (κ1) is 11.2. The maximum Gasteiger partial charge on any atom is 0.0384 e. The van der Waals surface area contributed by atoms with Crippen molar-refractivity contribution in [1.82, 2.24) is 0 Å². The highest BCUT2D eigenvalue weighted by molar-refractivity contribution is 5.58. The second kappa shape index (κ2) is 6.59. The van der Waals surface area contributed by atoms with Gasteiger partial charge in [0.05, 0.1) is 0 Å². The molecule has 0 aromatic heterocycles. The molecule has 0 amide bonds. The average Bonchev–Trinajstić information content (AvgIpc) is 2.34. The highest BCUT2D eigenvalue weighted by Gasteiger charge is 1.89. The summed E-state index contributed by atoms with van der Waals surface area (Å²) in [5.41, 5.74) is 2.24. The summed E-state index contributed by atoms with van der Waals surface area (Å²) < 4.78 is 0. The van der Waals surface area contributed by atoms with Crippen LogP contribution in [0.2, 0.25) is 0 Å². The highest BCUT2D eigenvalue weighted by Crippen LogP contribution is 2.14. The molecule has 0 aliphatic rings. The van der Waals surface area contributed by atoms with Gasteiger partial charge in [-0.25, -0.2) is 0 Å². The zero-order chi connectivity index (χ0) is 10.9. The van der Waals surface area contributed by atoms with E-state index in [-0.39, 0.29) is 0 Å². The van der Waals surface area contributed by atoms with Crippen molar-refractivity contribution < 1.29 is 10.5 Å². The van der Waals surface area contributed by atoms with Gasteiger partial charge in [0.1, 0.15) is 0 Å². The molecule has 0 unspecified atom stereocenters. The fourth-order valence-corrected chi connectivity index (χ4v) is 1.21. The SMILES string of the molecule is OO.c1ccc(Nc2ccccc2)cc1. The van der Waals surface area contributed by atoms with Crippen molar-refractivity contribution in [2.75, 3.05) is 5.32 Å². The van der Waals surface area contributed by atoms with Gasteiger partial charge in [0.25, 0.3) is 0 Å². The van der Waals surface area contributed by atoms with Gasteiger partial charge in [-0.2, -0.15) is 0 Å². The van der Waals surface area contributed by atoms with Gasteiger partial charge in [-0.05, 0) is 24.3 Å². The number of nitrogens with one attached hydrogen (secondary N) is 1. The molecular weight excluding hydrogens is 190 g/mol. The van der Waals surface area contributed by atoms with E-state index in [1.807, 2.05) is 60.7 Å². The third kappa shape index (κ3) is 3.81. The van der Waals surface area contributed by atoms with E-state index in [2.05, 4.69) is 5.32 Å². The van der Waals surface area contributed by atoms with E-state index < -0.39 is 0 Å². The van der Waals surface area contributed by atoms with E-state index in [0.29, 0.717) is 0 Å². The molecule has 0 aliphatic heterocycles. The fraction of sp³-hybridized carbons (Fsp3) is 0. The number of rotatable bonds is 2. The van der Waals surface area contributed by atoms with Gasteiger partial charge in [-0.1, -0.05) is 36.4 Å². The van der Waals surface area contributed by atoms with Crippen LogP contribution in [0.25, 0.3) is 0 Å². The van der Waals surface area contributed by atoms with Gasteiger partial charge in [0.15, 0.2) is 0 Å². The van der Waals surface area contributed by atoms with Gasteiger partial charge >= 0.3 is 0 Å². The summed E-state index contributed by atoms with van der Waals surface area (Å²) in [4.78, 5) is 0. The molecule has 3 N–H and O–H groups in total. The van der Waals surface area contributed by atoms with E-state index >= 15 is 0 Å². The van der Waals surface area contributed by atoms with Crippen LogP contribution in [0.3, 0.4) is 0 Å². The van der Waals surface area contributed by atoms with Crippen LogP contribution in [0.5, 0.6) is 0 Å².